The molecule has 1 saturated carbocycles. The van der Waals surface area contributed by atoms with Gasteiger partial charge in [0, 0.05) is 30.3 Å². The number of piperidine rings is 1. The van der Waals surface area contributed by atoms with Gasteiger partial charge in [-0.05, 0) is 51.3 Å². The smallest absolute Gasteiger partial charge is 0.161 e. The summed E-state index contributed by atoms with van der Waals surface area (Å²) < 4.78 is 40.8. The summed E-state index contributed by atoms with van der Waals surface area (Å²) in [4.78, 5) is 2.05. The summed E-state index contributed by atoms with van der Waals surface area (Å²) >= 11 is 0. The Hall–Kier alpha value is -1.07. The quantitative estimate of drug-likeness (QED) is 0.859. The Kier molecular flexibility index (Phi) is 4.22. The maximum atomic E-state index is 14.1. The molecule has 1 aliphatic carbocycles. The highest BCUT2D eigenvalue weighted by atomic mass is 19.2. The second kappa shape index (κ2) is 5.97. The van der Waals surface area contributed by atoms with E-state index < -0.39 is 17.5 Å². The van der Waals surface area contributed by atoms with E-state index in [-0.39, 0.29) is 17.5 Å². The number of hydrogen-bond acceptors (Lipinski definition) is 2. The van der Waals surface area contributed by atoms with Gasteiger partial charge >= 0.3 is 0 Å². The number of rotatable bonds is 4. The van der Waals surface area contributed by atoms with Crippen LogP contribution in [-0.4, -0.2) is 31.1 Å². The van der Waals surface area contributed by atoms with Crippen molar-refractivity contribution >= 4 is 0 Å². The van der Waals surface area contributed by atoms with E-state index >= 15 is 0 Å². The Morgan fingerprint density at radius 1 is 1.10 bits per heavy atom. The van der Waals surface area contributed by atoms with Crippen molar-refractivity contribution in [3.8, 4) is 0 Å². The van der Waals surface area contributed by atoms with E-state index in [1.165, 1.54) is 12.8 Å². The Morgan fingerprint density at radius 2 is 1.81 bits per heavy atom. The molecule has 2 unspecified atom stereocenters. The Balaban J connectivity index is 1.85. The molecule has 1 saturated heterocycles. The summed E-state index contributed by atoms with van der Waals surface area (Å²) in [6.07, 6.45) is 4.43. The Morgan fingerprint density at radius 3 is 2.52 bits per heavy atom. The van der Waals surface area contributed by atoms with Crippen molar-refractivity contribution in [3.63, 3.8) is 0 Å². The molecule has 2 aliphatic rings. The molecule has 0 aromatic heterocycles. The molecule has 0 amide bonds. The third-order valence-corrected chi connectivity index (χ3v) is 4.61. The summed E-state index contributed by atoms with van der Waals surface area (Å²) in [7, 11) is 1.93. The van der Waals surface area contributed by atoms with Crippen molar-refractivity contribution in [2.75, 3.05) is 20.1 Å². The van der Waals surface area contributed by atoms with Crippen LogP contribution in [0.5, 0.6) is 0 Å². The van der Waals surface area contributed by atoms with E-state index in [0.29, 0.717) is 12.1 Å². The van der Waals surface area contributed by atoms with Gasteiger partial charge < -0.3 is 5.32 Å². The Labute approximate surface area is 123 Å². The maximum absolute atomic E-state index is 14.1. The van der Waals surface area contributed by atoms with Crippen LogP contribution < -0.4 is 5.32 Å². The fraction of sp³-hybridized carbons (Fsp3) is 0.625. The van der Waals surface area contributed by atoms with Gasteiger partial charge in [0.25, 0.3) is 0 Å². The fourth-order valence-electron chi connectivity index (χ4n) is 3.33. The lowest BCUT2D eigenvalue weighted by Crippen LogP contribution is -2.41. The van der Waals surface area contributed by atoms with Gasteiger partial charge in [-0.1, -0.05) is 0 Å². The van der Waals surface area contributed by atoms with Crippen molar-refractivity contribution in [3.05, 3.63) is 35.1 Å². The van der Waals surface area contributed by atoms with Gasteiger partial charge in [0.15, 0.2) is 11.6 Å². The lowest BCUT2D eigenvalue weighted by atomic mass is 9.84. The molecule has 2 fully saturated rings. The molecule has 1 aromatic carbocycles. The van der Waals surface area contributed by atoms with Gasteiger partial charge in [-0.3, -0.25) is 4.90 Å². The zero-order chi connectivity index (χ0) is 15.0. The van der Waals surface area contributed by atoms with Gasteiger partial charge in [-0.25, -0.2) is 13.2 Å². The lowest BCUT2D eigenvalue weighted by Gasteiger charge is -2.40. The molecule has 2 atom stereocenters. The first-order chi connectivity index (χ1) is 10.1. The van der Waals surface area contributed by atoms with Crippen LogP contribution in [0.25, 0.3) is 0 Å². The molecule has 5 heteroatoms. The van der Waals surface area contributed by atoms with E-state index in [1.54, 1.807) is 0 Å². The van der Waals surface area contributed by atoms with Crippen LogP contribution >= 0.6 is 0 Å². The van der Waals surface area contributed by atoms with Crippen LogP contribution in [0.2, 0.25) is 0 Å². The summed E-state index contributed by atoms with van der Waals surface area (Å²) in [5, 5.41) is 3.48. The summed E-state index contributed by atoms with van der Waals surface area (Å²) in [6, 6.07) is 2.09. The normalized spacial score (nSPS) is 27.0. The topological polar surface area (TPSA) is 15.3 Å². The monoisotopic (exact) mass is 298 g/mol. The van der Waals surface area contributed by atoms with Crippen molar-refractivity contribution in [2.45, 2.75) is 37.8 Å². The second-order valence-electron chi connectivity index (χ2n) is 6.30. The molecule has 2 nitrogen and oxygen atoms in total. The minimum absolute atomic E-state index is 0.194. The van der Waals surface area contributed by atoms with Crippen LogP contribution in [-0.2, 0) is 0 Å². The van der Waals surface area contributed by atoms with E-state index in [1.807, 2.05) is 7.05 Å². The van der Waals surface area contributed by atoms with E-state index in [0.717, 1.165) is 32.0 Å². The number of benzene rings is 1. The standard InChI is InChI=1S/C16H21F3N2/c1-21-6-2-3-10(9-20-11-4-5-11)16(21)12-7-14(18)15(19)8-13(12)17/h7-8,10-11,16,20H,2-6,9H2,1H3. The molecule has 116 valence electrons. The summed E-state index contributed by atoms with van der Waals surface area (Å²) in [5.74, 6) is -2.52. The van der Waals surface area contributed by atoms with Gasteiger partial charge in [0.05, 0.1) is 0 Å². The number of hydrogen-bond donors (Lipinski definition) is 1. The zero-order valence-electron chi connectivity index (χ0n) is 12.2. The number of nitrogens with zero attached hydrogens (tertiary/aromatic N) is 1. The molecule has 1 aliphatic heterocycles. The minimum atomic E-state index is -1.12. The highest BCUT2D eigenvalue weighted by Crippen LogP contribution is 2.37. The Bertz CT molecular complexity index is 516. The van der Waals surface area contributed by atoms with Gasteiger partial charge in [-0.15, -0.1) is 0 Å². The van der Waals surface area contributed by atoms with Crippen LogP contribution in [0.1, 0.15) is 37.3 Å². The molecular formula is C16H21F3N2. The van der Waals surface area contributed by atoms with Crippen molar-refractivity contribution in [1.29, 1.82) is 0 Å². The average Bonchev–Trinajstić information content (AvgIpc) is 3.25. The minimum Gasteiger partial charge on any atom is -0.314 e. The zero-order valence-corrected chi connectivity index (χ0v) is 12.2. The largest absolute Gasteiger partial charge is 0.314 e. The van der Waals surface area contributed by atoms with Gasteiger partial charge in [-0.2, -0.15) is 0 Å². The lowest BCUT2D eigenvalue weighted by molar-refractivity contribution is 0.115. The third-order valence-electron chi connectivity index (χ3n) is 4.61. The van der Waals surface area contributed by atoms with E-state index in [4.69, 9.17) is 0 Å². The number of likely N-dealkylation sites (tertiary alicyclic amines) is 1. The highest BCUT2D eigenvalue weighted by molar-refractivity contribution is 5.25. The van der Waals surface area contributed by atoms with Crippen LogP contribution in [0.15, 0.2) is 12.1 Å². The van der Waals surface area contributed by atoms with E-state index in [2.05, 4.69) is 10.2 Å². The first-order valence-electron chi connectivity index (χ1n) is 7.64. The molecule has 3 rings (SSSR count). The van der Waals surface area contributed by atoms with Crippen LogP contribution in [0.4, 0.5) is 13.2 Å². The average molecular weight is 298 g/mol. The van der Waals surface area contributed by atoms with Crippen molar-refractivity contribution < 1.29 is 13.2 Å². The summed E-state index contributed by atoms with van der Waals surface area (Å²) in [5.41, 5.74) is 0.277. The molecule has 21 heavy (non-hydrogen) atoms. The second-order valence-corrected chi connectivity index (χ2v) is 6.30. The summed E-state index contributed by atoms with van der Waals surface area (Å²) in [6.45, 7) is 1.65. The van der Waals surface area contributed by atoms with E-state index in [9.17, 15) is 13.2 Å². The fourth-order valence-corrected chi connectivity index (χ4v) is 3.33. The molecule has 1 aromatic rings. The number of halogens is 3. The molecule has 0 spiro atoms. The molecule has 0 radical (unpaired) electrons. The van der Waals surface area contributed by atoms with Crippen LogP contribution in [0.3, 0.4) is 0 Å². The molecule has 1 N–H and O–H groups in total. The molecule has 0 bridgehead atoms. The van der Waals surface area contributed by atoms with Crippen molar-refractivity contribution in [2.24, 2.45) is 5.92 Å². The molecule has 1 heterocycles. The maximum Gasteiger partial charge on any atom is 0.161 e. The van der Waals surface area contributed by atoms with Gasteiger partial charge in [0.2, 0.25) is 0 Å². The van der Waals surface area contributed by atoms with Crippen LogP contribution in [0, 0.1) is 23.4 Å². The molecular weight excluding hydrogens is 277 g/mol. The first kappa shape index (κ1) is 14.9. The predicted octanol–water partition coefficient (Wildman–Crippen LogP) is 3.24. The van der Waals surface area contributed by atoms with Crippen molar-refractivity contribution in [1.82, 2.24) is 10.2 Å². The SMILES string of the molecule is CN1CCCC(CNC2CC2)C1c1cc(F)c(F)cc1F. The third kappa shape index (κ3) is 3.24. The first-order valence-corrected chi connectivity index (χ1v) is 7.64. The predicted molar refractivity (Wildman–Crippen MR) is 75.4 cm³/mol. The number of nitrogens with one attached hydrogen (secondary N) is 1. The van der Waals surface area contributed by atoms with Gasteiger partial charge in [0.1, 0.15) is 5.82 Å². The highest BCUT2D eigenvalue weighted by Gasteiger charge is 2.34.